The quantitative estimate of drug-likeness (QED) is 0.655. The summed E-state index contributed by atoms with van der Waals surface area (Å²) in [6.45, 7) is 0. The van der Waals surface area contributed by atoms with Crippen LogP contribution in [0, 0.1) is 20.7 Å². The SMILES string of the molecule is N#Cc1c(F)cncc1I. The van der Waals surface area contributed by atoms with Gasteiger partial charge in [-0.15, -0.1) is 0 Å². The van der Waals surface area contributed by atoms with Crippen LogP contribution in [-0.4, -0.2) is 4.98 Å². The van der Waals surface area contributed by atoms with Crippen LogP contribution in [0.4, 0.5) is 4.39 Å². The van der Waals surface area contributed by atoms with Crippen molar-refractivity contribution in [1.82, 2.24) is 4.98 Å². The maximum absolute atomic E-state index is 12.6. The molecule has 0 aliphatic carbocycles. The van der Waals surface area contributed by atoms with Gasteiger partial charge < -0.3 is 0 Å². The fourth-order valence-electron chi connectivity index (χ4n) is 0.518. The van der Waals surface area contributed by atoms with Gasteiger partial charge in [0.25, 0.3) is 0 Å². The van der Waals surface area contributed by atoms with Crippen LogP contribution in [0.15, 0.2) is 12.4 Å². The zero-order valence-corrected chi connectivity index (χ0v) is 6.96. The summed E-state index contributed by atoms with van der Waals surface area (Å²) in [6.07, 6.45) is 2.48. The average molecular weight is 248 g/mol. The predicted octanol–water partition coefficient (Wildman–Crippen LogP) is 1.70. The molecular formula is C6H2FIN2. The number of hydrogen-bond donors (Lipinski definition) is 0. The molecule has 1 rings (SSSR count). The largest absolute Gasteiger partial charge is 0.260 e. The molecule has 0 aromatic carbocycles. The molecule has 0 saturated carbocycles. The smallest absolute Gasteiger partial charge is 0.160 e. The summed E-state index contributed by atoms with van der Waals surface area (Å²) >= 11 is 1.86. The van der Waals surface area contributed by atoms with Gasteiger partial charge in [-0.25, -0.2) is 4.39 Å². The molecule has 0 saturated heterocycles. The molecule has 1 aromatic rings. The molecule has 50 valence electrons. The van der Waals surface area contributed by atoms with Crippen LogP contribution in [0.3, 0.4) is 0 Å². The minimum absolute atomic E-state index is 0.0654. The molecule has 1 aromatic heterocycles. The van der Waals surface area contributed by atoms with Gasteiger partial charge in [-0.2, -0.15) is 5.26 Å². The number of nitrogens with zero attached hydrogens (tertiary/aromatic N) is 2. The van der Waals surface area contributed by atoms with Crippen LogP contribution in [0.5, 0.6) is 0 Å². The first kappa shape index (κ1) is 7.41. The normalized spacial score (nSPS) is 8.90. The molecule has 0 N–H and O–H groups in total. The standard InChI is InChI=1S/C6H2FIN2/c7-5-2-10-3-6(8)4(5)1-9/h2-3H. The van der Waals surface area contributed by atoms with Crippen LogP contribution >= 0.6 is 22.6 Å². The lowest BCUT2D eigenvalue weighted by molar-refractivity contribution is 0.616. The van der Waals surface area contributed by atoms with E-state index >= 15 is 0 Å². The lowest BCUT2D eigenvalue weighted by Crippen LogP contribution is -1.88. The second kappa shape index (κ2) is 2.92. The molecule has 0 fully saturated rings. The first-order valence-corrected chi connectivity index (χ1v) is 3.52. The van der Waals surface area contributed by atoms with Gasteiger partial charge in [-0.3, -0.25) is 4.98 Å². The summed E-state index contributed by atoms with van der Waals surface area (Å²) in [7, 11) is 0. The number of nitriles is 1. The molecular weight excluding hydrogens is 246 g/mol. The molecule has 0 spiro atoms. The summed E-state index contributed by atoms with van der Waals surface area (Å²) in [5.74, 6) is -0.561. The number of rotatable bonds is 0. The third-order valence-electron chi connectivity index (χ3n) is 0.965. The summed E-state index contributed by atoms with van der Waals surface area (Å²) in [6, 6.07) is 1.74. The van der Waals surface area contributed by atoms with Crippen molar-refractivity contribution in [1.29, 1.82) is 5.26 Å². The Morgan fingerprint density at radius 3 is 2.70 bits per heavy atom. The van der Waals surface area contributed by atoms with E-state index in [1.807, 2.05) is 22.6 Å². The highest BCUT2D eigenvalue weighted by Crippen LogP contribution is 2.11. The van der Waals surface area contributed by atoms with Crippen LogP contribution < -0.4 is 0 Å². The molecule has 0 atom stereocenters. The van der Waals surface area contributed by atoms with Gasteiger partial charge >= 0.3 is 0 Å². The summed E-state index contributed by atoms with van der Waals surface area (Å²) < 4.78 is 13.1. The van der Waals surface area contributed by atoms with Crippen molar-refractivity contribution < 1.29 is 4.39 Å². The summed E-state index contributed by atoms with van der Waals surface area (Å²) in [4.78, 5) is 3.56. The molecule has 4 heteroatoms. The molecule has 2 nitrogen and oxygen atoms in total. The van der Waals surface area contributed by atoms with Crippen molar-refractivity contribution in [3.8, 4) is 6.07 Å². The Morgan fingerprint density at radius 1 is 1.60 bits per heavy atom. The molecule has 10 heavy (non-hydrogen) atoms. The molecule has 0 radical (unpaired) electrons. The van der Waals surface area contributed by atoms with Crippen molar-refractivity contribution in [2.75, 3.05) is 0 Å². The van der Waals surface area contributed by atoms with Crippen LogP contribution in [0.2, 0.25) is 0 Å². The third kappa shape index (κ3) is 1.24. The zero-order chi connectivity index (χ0) is 7.56. The molecule has 0 aliphatic heterocycles. The van der Waals surface area contributed by atoms with E-state index in [1.54, 1.807) is 6.07 Å². The van der Waals surface area contributed by atoms with Gasteiger partial charge in [0.05, 0.1) is 9.77 Å². The van der Waals surface area contributed by atoms with E-state index in [0.29, 0.717) is 3.57 Å². The molecule has 1 heterocycles. The third-order valence-corrected chi connectivity index (χ3v) is 1.78. The number of halogens is 2. The van der Waals surface area contributed by atoms with Crippen molar-refractivity contribution in [3.63, 3.8) is 0 Å². The zero-order valence-electron chi connectivity index (χ0n) is 4.81. The van der Waals surface area contributed by atoms with Crippen molar-refractivity contribution in [2.45, 2.75) is 0 Å². The number of hydrogen-bond acceptors (Lipinski definition) is 2. The second-order valence-corrected chi connectivity index (χ2v) is 2.75. The van der Waals surface area contributed by atoms with Crippen LogP contribution in [0.25, 0.3) is 0 Å². The Bertz CT molecular complexity index is 272. The highest BCUT2D eigenvalue weighted by atomic mass is 127. The fraction of sp³-hybridized carbons (Fsp3) is 0. The van der Waals surface area contributed by atoms with Crippen molar-refractivity contribution in [3.05, 3.63) is 27.3 Å². The Hall–Kier alpha value is -0.700. The minimum atomic E-state index is -0.561. The average Bonchev–Trinajstić information content (AvgIpc) is 1.88. The summed E-state index contributed by atoms with van der Waals surface area (Å²) in [5, 5.41) is 8.38. The van der Waals surface area contributed by atoms with E-state index in [1.165, 1.54) is 6.20 Å². The van der Waals surface area contributed by atoms with Crippen molar-refractivity contribution >= 4 is 22.6 Å². The van der Waals surface area contributed by atoms with Gasteiger partial charge in [0.2, 0.25) is 0 Å². The fourth-order valence-corrected chi connectivity index (χ4v) is 1.06. The Kier molecular flexibility index (Phi) is 2.17. The van der Waals surface area contributed by atoms with E-state index in [0.717, 1.165) is 6.20 Å². The highest BCUT2D eigenvalue weighted by Gasteiger charge is 2.03. The van der Waals surface area contributed by atoms with E-state index < -0.39 is 5.82 Å². The number of pyridine rings is 1. The summed E-state index contributed by atoms with van der Waals surface area (Å²) in [5.41, 5.74) is 0.0654. The van der Waals surface area contributed by atoms with Gasteiger partial charge in [-0.1, -0.05) is 0 Å². The van der Waals surface area contributed by atoms with Gasteiger partial charge in [0.1, 0.15) is 11.6 Å². The van der Waals surface area contributed by atoms with E-state index in [4.69, 9.17) is 5.26 Å². The minimum Gasteiger partial charge on any atom is -0.260 e. The lowest BCUT2D eigenvalue weighted by Gasteiger charge is -1.92. The monoisotopic (exact) mass is 248 g/mol. The maximum Gasteiger partial charge on any atom is 0.160 e. The van der Waals surface area contributed by atoms with E-state index in [-0.39, 0.29) is 5.56 Å². The first-order chi connectivity index (χ1) is 4.75. The van der Waals surface area contributed by atoms with Gasteiger partial charge in [0, 0.05) is 6.20 Å². The van der Waals surface area contributed by atoms with Gasteiger partial charge in [-0.05, 0) is 22.6 Å². The molecule has 0 unspecified atom stereocenters. The Balaban J connectivity index is 3.34. The first-order valence-electron chi connectivity index (χ1n) is 2.45. The van der Waals surface area contributed by atoms with E-state index in [9.17, 15) is 4.39 Å². The molecule has 0 amide bonds. The maximum atomic E-state index is 12.6. The molecule has 0 bridgehead atoms. The Morgan fingerprint density at radius 2 is 2.30 bits per heavy atom. The topological polar surface area (TPSA) is 36.7 Å². The van der Waals surface area contributed by atoms with E-state index in [2.05, 4.69) is 4.98 Å². The molecule has 0 aliphatic rings. The van der Waals surface area contributed by atoms with Crippen molar-refractivity contribution in [2.24, 2.45) is 0 Å². The number of aromatic nitrogens is 1. The van der Waals surface area contributed by atoms with Crippen LogP contribution in [-0.2, 0) is 0 Å². The van der Waals surface area contributed by atoms with Gasteiger partial charge in [0.15, 0.2) is 5.82 Å². The predicted molar refractivity (Wildman–Crippen MR) is 41.6 cm³/mol. The highest BCUT2D eigenvalue weighted by molar-refractivity contribution is 14.1. The van der Waals surface area contributed by atoms with Crippen LogP contribution in [0.1, 0.15) is 5.56 Å². The second-order valence-electron chi connectivity index (χ2n) is 1.59. The Labute approximate surface area is 70.8 Å². The lowest BCUT2D eigenvalue weighted by atomic mass is 10.3.